The Balaban J connectivity index is 1.57. The van der Waals surface area contributed by atoms with Crippen LogP contribution in [0.4, 0.5) is 11.4 Å². The van der Waals surface area contributed by atoms with Gasteiger partial charge in [0.1, 0.15) is 0 Å². The van der Waals surface area contributed by atoms with Crippen LogP contribution in [0.1, 0.15) is 38.0 Å². The zero-order valence-electron chi connectivity index (χ0n) is 15.6. The zero-order chi connectivity index (χ0) is 20.4. The molecule has 0 spiro atoms. The lowest BCUT2D eigenvalue weighted by molar-refractivity contribution is 0.0925. The van der Waals surface area contributed by atoms with Crippen molar-refractivity contribution in [2.45, 2.75) is 11.9 Å². The molecule has 6 nitrogen and oxygen atoms in total. The van der Waals surface area contributed by atoms with Crippen LogP contribution in [0, 0.1) is 0 Å². The summed E-state index contributed by atoms with van der Waals surface area (Å²) in [6.07, 6.45) is 1.60. The van der Waals surface area contributed by atoms with Crippen molar-refractivity contribution >= 4 is 40.9 Å². The first-order chi connectivity index (χ1) is 14.1. The molecule has 144 valence electrons. The van der Waals surface area contributed by atoms with Crippen molar-refractivity contribution in [1.29, 1.82) is 0 Å². The lowest BCUT2D eigenvalue weighted by atomic mass is 10.1. The number of rotatable bonds is 5. The summed E-state index contributed by atoms with van der Waals surface area (Å²) in [6.45, 7) is 2.02. The summed E-state index contributed by atoms with van der Waals surface area (Å²) in [5.74, 6) is -0.167. The van der Waals surface area contributed by atoms with Gasteiger partial charge in [-0.3, -0.25) is 14.4 Å². The van der Waals surface area contributed by atoms with Crippen LogP contribution in [-0.2, 0) is 0 Å². The maximum Gasteiger partial charge on any atom is 0.266 e. The highest BCUT2D eigenvalue weighted by Gasteiger charge is 2.36. The molecule has 1 aromatic heterocycles. The fraction of sp³-hybridized carbons (Fsp3) is 0.0909. The standard InChI is InChI=1S/C22H17N3O3S/c1-2-29-19-12-14(10-11-23-19)20(26)24-15-6-5-7-16(13-15)25-21(27)17-8-3-4-9-18(17)22(25)28/h3-13H,2H2,1H3,(H,24,26). The van der Waals surface area contributed by atoms with Crippen LogP contribution < -0.4 is 10.2 Å². The number of benzene rings is 2. The van der Waals surface area contributed by atoms with E-state index in [0.717, 1.165) is 15.7 Å². The minimum absolute atomic E-state index is 0.287. The van der Waals surface area contributed by atoms with E-state index in [2.05, 4.69) is 10.3 Å². The normalized spacial score (nSPS) is 12.8. The number of thioether (sulfide) groups is 1. The van der Waals surface area contributed by atoms with E-state index in [0.29, 0.717) is 28.1 Å². The minimum atomic E-state index is -0.371. The molecule has 0 radical (unpaired) electrons. The van der Waals surface area contributed by atoms with Crippen LogP contribution in [0.25, 0.3) is 0 Å². The van der Waals surface area contributed by atoms with Crippen molar-refractivity contribution in [3.8, 4) is 0 Å². The van der Waals surface area contributed by atoms with Gasteiger partial charge in [-0.1, -0.05) is 25.1 Å². The van der Waals surface area contributed by atoms with E-state index >= 15 is 0 Å². The maximum atomic E-state index is 12.7. The summed E-state index contributed by atoms with van der Waals surface area (Å²) in [5, 5.41) is 3.59. The van der Waals surface area contributed by atoms with Crippen LogP contribution in [0.3, 0.4) is 0 Å². The Hall–Kier alpha value is -3.45. The number of nitrogens with one attached hydrogen (secondary N) is 1. The van der Waals surface area contributed by atoms with Gasteiger partial charge in [-0.05, 0) is 48.2 Å². The monoisotopic (exact) mass is 403 g/mol. The van der Waals surface area contributed by atoms with Crippen LogP contribution >= 0.6 is 11.8 Å². The zero-order valence-corrected chi connectivity index (χ0v) is 16.4. The maximum absolute atomic E-state index is 12.7. The summed E-state index contributed by atoms with van der Waals surface area (Å²) in [7, 11) is 0. The minimum Gasteiger partial charge on any atom is -0.322 e. The van der Waals surface area contributed by atoms with E-state index in [1.165, 1.54) is 0 Å². The number of pyridine rings is 1. The van der Waals surface area contributed by atoms with E-state index < -0.39 is 0 Å². The molecule has 1 aliphatic heterocycles. The largest absolute Gasteiger partial charge is 0.322 e. The average molecular weight is 403 g/mol. The van der Waals surface area contributed by atoms with Gasteiger partial charge in [-0.25, -0.2) is 9.88 Å². The topological polar surface area (TPSA) is 79.4 Å². The van der Waals surface area contributed by atoms with E-state index in [1.807, 2.05) is 6.92 Å². The first kappa shape index (κ1) is 18.9. The molecular formula is C22H17N3O3S. The van der Waals surface area contributed by atoms with Gasteiger partial charge in [0.05, 0.1) is 21.8 Å². The first-order valence-corrected chi connectivity index (χ1v) is 10.0. The van der Waals surface area contributed by atoms with Crippen molar-refractivity contribution < 1.29 is 14.4 Å². The van der Waals surface area contributed by atoms with Crippen LogP contribution in [0.5, 0.6) is 0 Å². The second kappa shape index (κ2) is 7.89. The number of carbonyl (C=O) groups excluding carboxylic acids is 3. The van der Waals surface area contributed by atoms with Crippen LogP contribution in [-0.4, -0.2) is 28.5 Å². The summed E-state index contributed by atoms with van der Waals surface area (Å²) in [6, 6.07) is 16.8. The van der Waals surface area contributed by atoms with Crippen LogP contribution in [0.15, 0.2) is 71.9 Å². The van der Waals surface area contributed by atoms with Crippen molar-refractivity contribution in [2.24, 2.45) is 0 Å². The molecule has 1 N–H and O–H groups in total. The molecule has 3 aromatic rings. The number of amides is 3. The van der Waals surface area contributed by atoms with Crippen LogP contribution in [0.2, 0.25) is 0 Å². The number of aromatic nitrogens is 1. The SMILES string of the molecule is CCSc1cc(C(=O)Nc2cccc(N3C(=O)c4ccccc4C3=O)c2)ccn1. The Kier molecular flexibility index (Phi) is 5.14. The highest BCUT2D eigenvalue weighted by atomic mass is 32.2. The molecule has 0 saturated heterocycles. The molecule has 0 unspecified atom stereocenters. The molecule has 0 bridgehead atoms. The number of carbonyl (C=O) groups is 3. The third-order valence-electron chi connectivity index (χ3n) is 4.45. The van der Waals surface area contributed by atoms with Gasteiger partial charge in [-0.2, -0.15) is 0 Å². The molecule has 3 amide bonds. The Morgan fingerprint density at radius 3 is 2.41 bits per heavy atom. The lowest BCUT2D eigenvalue weighted by Gasteiger charge is -2.15. The first-order valence-electron chi connectivity index (χ1n) is 9.06. The predicted molar refractivity (Wildman–Crippen MR) is 113 cm³/mol. The Labute approximate surface area is 172 Å². The van der Waals surface area contributed by atoms with E-state index in [9.17, 15) is 14.4 Å². The fourth-order valence-corrected chi connectivity index (χ4v) is 3.77. The molecule has 0 aliphatic carbocycles. The smallest absolute Gasteiger partial charge is 0.266 e. The molecule has 0 saturated carbocycles. The number of anilines is 2. The molecule has 4 rings (SSSR count). The predicted octanol–water partition coefficient (Wildman–Crippen LogP) is 4.25. The fourth-order valence-electron chi connectivity index (χ4n) is 3.13. The second-order valence-corrected chi connectivity index (χ2v) is 7.60. The molecule has 1 aliphatic rings. The van der Waals surface area contributed by atoms with E-state index in [1.54, 1.807) is 78.6 Å². The lowest BCUT2D eigenvalue weighted by Crippen LogP contribution is -2.29. The van der Waals surface area contributed by atoms with Crippen molar-refractivity contribution in [2.75, 3.05) is 16.0 Å². The number of imide groups is 1. The number of nitrogens with zero attached hydrogens (tertiary/aromatic N) is 2. The molecule has 0 atom stereocenters. The summed E-state index contributed by atoms with van der Waals surface area (Å²) in [5.41, 5.74) is 2.15. The molecule has 2 aromatic carbocycles. The quantitative estimate of drug-likeness (QED) is 0.509. The Bertz CT molecular complexity index is 1090. The molecule has 7 heteroatoms. The summed E-state index contributed by atoms with van der Waals surface area (Å²) < 4.78 is 0. The van der Waals surface area contributed by atoms with Gasteiger partial charge in [-0.15, -0.1) is 11.8 Å². The third-order valence-corrected chi connectivity index (χ3v) is 5.25. The second-order valence-electron chi connectivity index (χ2n) is 6.31. The van der Waals surface area contributed by atoms with E-state index in [-0.39, 0.29) is 17.7 Å². The third kappa shape index (κ3) is 3.64. The number of hydrogen-bond donors (Lipinski definition) is 1. The molecule has 0 fully saturated rings. The number of hydrogen-bond acceptors (Lipinski definition) is 5. The Morgan fingerprint density at radius 2 is 1.72 bits per heavy atom. The Morgan fingerprint density at radius 1 is 1.00 bits per heavy atom. The van der Waals surface area contributed by atoms with Crippen molar-refractivity contribution in [1.82, 2.24) is 4.98 Å². The van der Waals surface area contributed by atoms with E-state index in [4.69, 9.17) is 0 Å². The van der Waals surface area contributed by atoms with Gasteiger partial charge < -0.3 is 5.32 Å². The van der Waals surface area contributed by atoms with Crippen molar-refractivity contribution in [3.63, 3.8) is 0 Å². The van der Waals surface area contributed by atoms with Crippen molar-refractivity contribution in [3.05, 3.63) is 83.6 Å². The molecule has 2 heterocycles. The highest BCUT2D eigenvalue weighted by Crippen LogP contribution is 2.30. The van der Waals surface area contributed by atoms with Gasteiger partial charge >= 0.3 is 0 Å². The highest BCUT2D eigenvalue weighted by molar-refractivity contribution is 7.99. The van der Waals surface area contributed by atoms with Gasteiger partial charge in [0.15, 0.2) is 0 Å². The summed E-state index contributed by atoms with van der Waals surface area (Å²) >= 11 is 1.55. The number of fused-ring (bicyclic) bond motifs is 1. The summed E-state index contributed by atoms with van der Waals surface area (Å²) in [4.78, 5) is 43.3. The van der Waals surface area contributed by atoms with Gasteiger partial charge in [0.25, 0.3) is 17.7 Å². The molecule has 29 heavy (non-hydrogen) atoms. The average Bonchev–Trinajstić information content (AvgIpc) is 2.99. The van der Waals surface area contributed by atoms with Gasteiger partial charge in [0.2, 0.25) is 0 Å². The molecular weight excluding hydrogens is 386 g/mol. The van der Waals surface area contributed by atoms with Gasteiger partial charge in [0, 0.05) is 17.4 Å².